The molecule has 0 radical (unpaired) electrons. The maximum atomic E-state index is 14.4. The van der Waals surface area contributed by atoms with Gasteiger partial charge in [0, 0.05) is 32.5 Å². The molecule has 3 aromatic carbocycles. The first-order valence-corrected chi connectivity index (χ1v) is 15.0. The fourth-order valence-electron chi connectivity index (χ4n) is 6.53. The number of piperazine rings is 1. The van der Waals surface area contributed by atoms with Gasteiger partial charge in [0.15, 0.2) is 0 Å². The largest absolute Gasteiger partial charge is 0.336 e. The number of hydrogen-bond acceptors (Lipinski definition) is 4. The van der Waals surface area contributed by atoms with E-state index in [0.29, 0.717) is 19.5 Å². The Labute approximate surface area is 258 Å². The molecule has 1 unspecified atom stereocenters. The molecule has 1 N–H and O–H groups in total. The smallest absolute Gasteiger partial charge is 0.334 e. The number of amides is 4. The number of allylic oxidation sites excluding steroid dienone is 4. The molecule has 3 aliphatic rings. The topological polar surface area (TPSA) is 76.2 Å². The number of carbonyl (C=O) groups excluding carboxylic acids is 3. The third-order valence-corrected chi connectivity index (χ3v) is 8.66. The highest BCUT2D eigenvalue weighted by atomic mass is 16.2. The zero-order chi connectivity index (χ0) is 30.6. The molecule has 3 atom stereocenters. The lowest BCUT2D eigenvalue weighted by atomic mass is 9.85. The van der Waals surface area contributed by atoms with E-state index in [4.69, 9.17) is 0 Å². The standard InChI is InChI=1S/C36H37N5O3/c1-3-4-7-17-29-21-32-35(43)39(23-31(27-15-10-6-11-16-27)30-19-12-18-28(29)20-30)24-33-40(32)34(42)25-38(2)41(33)36(44)37-22-26-13-8-5-9-14-26/h3-20,31-33H,1,21-25H2,2H3,(H,37,44)/b7-4-,29-17-/t31?,32-,33-/m0/s1. The van der Waals surface area contributed by atoms with Gasteiger partial charge < -0.3 is 15.1 Å². The number of likely N-dealkylation sites (N-methyl/N-ethyl adjacent to an activating group) is 1. The molecule has 8 heteroatoms. The maximum Gasteiger partial charge on any atom is 0.334 e. The monoisotopic (exact) mass is 587 g/mol. The van der Waals surface area contributed by atoms with Crippen LogP contribution in [0, 0.1) is 0 Å². The van der Waals surface area contributed by atoms with Gasteiger partial charge in [-0.3, -0.25) is 9.59 Å². The second-order valence-corrected chi connectivity index (χ2v) is 11.5. The summed E-state index contributed by atoms with van der Waals surface area (Å²) in [5.74, 6) is -0.366. The van der Waals surface area contributed by atoms with Crippen LogP contribution in [0.5, 0.6) is 0 Å². The summed E-state index contributed by atoms with van der Waals surface area (Å²) in [6.45, 7) is 4.78. The SMILES string of the molecule is C=C/C=C\C=C1\C[C@H]2C(=O)N(CC(c3ccccc3)c3cccc1c3)C[C@H]1N2C(=O)CN(C)N1C(=O)NCc1ccccc1. The van der Waals surface area contributed by atoms with Crippen molar-refractivity contribution in [3.05, 3.63) is 138 Å². The molecule has 3 aromatic rings. The van der Waals surface area contributed by atoms with Gasteiger partial charge in [0.1, 0.15) is 12.2 Å². The molecule has 3 heterocycles. The van der Waals surface area contributed by atoms with Crippen LogP contribution in [0.4, 0.5) is 4.79 Å². The van der Waals surface area contributed by atoms with E-state index in [1.54, 1.807) is 28.0 Å². The Bertz CT molecular complexity index is 1600. The summed E-state index contributed by atoms with van der Waals surface area (Å²) in [7, 11) is 1.75. The molecule has 3 aliphatic heterocycles. The molecule has 0 saturated carbocycles. The number of rotatable bonds is 5. The van der Waals surface area contributed by atoms with E-state index in [2.05, 4.69) is 48.3 Å². The molecule has 4 bridgehead atoms. The Kier molecular flexibility index (Phi) is 8.43. The van der Waals surface area contributed by atoms with Gasteiger partial charge in [-0.2, -0.15) is 0 Å². The summed E-state index contributed by atoms with van der Waals surface area (Å²) in [4.78, 5) is 45.4. The third kappa shape index (κ3) is 5.81. The summed E-state index contributed by atoms with van der Waals surface area (Å²) < 4.78 is 0. The fourth-order valence-corrected chi connectivity index (χ4v) is 6.53. The van der Waals surface area contributed by atoms with Crippen molar-refractivity contribution < 1.29 is 14.4 Å². The van der Waals surface area contributed by atoms with Crippen molar-refractivity contribution in [2.75, 3.05) is 26.7 Å². The van der Waals surface area contributed by atoms with Gasteiger partial charge in [-0.1, -0.05) is 116 Å². The van der Waals surface area contributed by atoms with E-state index in [0.717, 1.165) is 27.8 Å². The van der Waals surface area contributed by atoms with Crippen LogP contribution in [-0.2, 0) is 16.1 Å². The minimum atomic E-state index is -0.763. The zero-order valence-electron chi connectivity index (χ0n) is 24.9. The third-order valence-electron chi connectivity index (χ3n) is 8.66. The molecule has 2 saturated heterocycles. The van der Waals surface area contributed by atoms with Crippen molar-refractivity contribution >= 4 is 23.4 Å². The summed E-state index contributed by atoms with van der Waals surface area (Å²) in [5.41, 5.74) is 5.12. The zero-order valence-corrected chi connectivity index (χ0v) is 24.9. The van der Waals surface area contributed by atoms with Crippen LogP contribution in [0.15, 0.2) is 116 Å². The van der Waals surface area contributed by atoms with Gasteiger partial charge in [0.05, 0.1) is 13.1 Å². The number of fused-ring (bicyclic) bond motifs is 6. The van der Waals surface area contributed by atoms with Gasteiger partial charge in [0.2, 0.25) is 11.8 Å². The second kappa shape index (κ2) is 12.7. The molecular formula is C36H37N5O3. The number of hydrazine groups is 1. The lowest BCUT2D eigenvalue weighted by Gasteiger charge is -2.55. The highest BCUT2D eigenvalue weighted by Crippen LogP contribution is 2.36. The van der Waals surface area contributed by atoms with Gasteiger partial charge in [-0.25, -0.2) is 14.8 Å². The van der Waals surface area contributed by atoms with Crippen molar-refractivity contribution in [3.63, 3.8) is 0 Å². The normalized spacial score (nSPS) is 23.1. The van der Waals surface area contributed by atoms with Crippen molar-refractivity contribution in [1.82, 2.24) is 25.1 Å². The van der Waals surface area contributed by atoms with Crippen LogP contribution < -0.4 is 5.32 Å². The first-order valence-electron chi connectivity index (χ1n) is 15.0. The van der Waals surface area contributed by atoms with Gasteiger partial charge in [-0.15, -0.1) is 0 Å². The molecule has 0 aromatic heterocycles. The molecule has 224 valence electrons. The Morgan fingerprint density at radius 3 is 2.41 bits per heavy atom. The minimum Gasteiger partial charge on any atom is -0.336 e. The number of nitrogens with zero attached hydrogens (tertiary/aromatic N) is 4. The highest BCUT2D eigenvalue weighted by molar-refractivity contribution is 5.93. The Morgan fingerprint density at radius 2 is 1.66 bits per heavy atom. The number of benzene rings is 3. The lowest BCUT2D eigenvalue weighted by Crippen LogP contribution is -2.76. The predicted octanol–water partition coefficient (Wildman–Crippen LogP) is 4.79. The number of carbonyl (C=O) groups is 3. The first kappa shape index (κ1) is 29.1. The van der Waals surface area contributed by atoms with Crippen molar-refractivity contribution in [3.8, 4) is 0 Å². The van der Waals surface area contributed by atoms with Crippen molar-refractivity contribution in [2.24, 2.45) is 0 Å². The van der Waals surface area contributed by atoms with E-state index in [1.165, 1.54) is 0 Å². The maximum absolute atomic E-state index is 14.4. The number of hydrogen-bond donors (Lipinski definition) is 1. The number of nitrogens with one attached hydrogen (secondary N) is 1. The first-order chi connectivity index (χ1) is 21.4. The highest BCUT2D eigenvalue weighted by Gasteiger charge is 2.51. The van der Waals surface area contributed by atoms with Crippen LogP contribution in [0.1, 0.15) is 34.6 Å². The number of urea groups is 1. The molecule has 0 spiro atoms. The van der Waals surface area contributed by atoms with Crippen LogP contribution in [0.3, 0.4) is 0 Å². The average molecular weight is 588 g/mol. The Morgan fingerprint density at radius 1 is 0.932 bits per heavy atom. The quantitative estimate of drug-likeness (QED) is 0.436. The molecule has 44 heavy (non-hydrogen) atoms. The van der Waals surface area contributed by atoms with Crippen LogP contribution in [0.25, 0.3) is 5.57 Å². The van der Waals surface area contributed by atoms with Gasteiger partial charge >= 0.3 is 6.03 Å². The van der Waals surface area contributed by atoms with E-state index >= 15 is 0 Å². The van der Waals surface area contributed by atoms with E-state index in [-0.39, 0.29) is 36.9 Å². The van der Waals surface area contributed by atoms with Gasteiger partial charge in [0.25, 0.3) is 0 Å². The Hall–Kier alpha value is -4.95. The Balaban J connectivity index is 1.42. The van der Waals surface area contributed by atoms with Crippen LogP contribution >= 0.6 is 0 Å². The van der Waals surface area contributed by atoms with Crippen LogP contribution in [0.2, 0.25) is 0 Å². The van der Waals surface area contributed by atoms with E-state index in [9.17, 15) is 14.4 Å². The van der Waals surface area contributed by atoms with Gasteiger partial charge in [-0.05, 0) is 27.8 Å². The van der Waals surface area contributed by atoms with Crippen molar-refractivity contribution in [2.45, 2.75) is 31.1 Å². The summed E-state index contributed by atoms with van der Waals surface area (Å²) in [5, 5.41) is 6.31. The average Bonchev–Trinajstić information content (AvgIpc) is 3.04. The molecule has 0 aliphatic carbocycles. The minimum absolute atomic E-state index is 0.00340. The van der Waals surface area contributed by atoms with Crippen molar-refractivity contribution in [1.29, 1.82) is 0 Å². The summed E-state index contributed by atoms with van der Waals surface area (Å²) in [6.07, 6.45) is 7.12. The fraction of sp³-hybridized carbons (Fsp3) is 0.250. The molecule has 6 rings (SSSR count). The van der Waals surface area contributed by atoms with Crippen LogP contribution in [-0.4, -0.2) is 76.6 Å². The van der Waals surface area contributed by atoms with E-state index in [1.807, 2.05) is 71.7 Å². The van der Waals surface area contributed by atoms with E-state index < -0.39 is 12.2 Å². The second-order valence-electron chi connectivity index (χ2n) is 11.5. The predicted molar refractivity (Wildman–Crippen MR) is 171 cm³/mol. The molecule has 8 nitrogen and oxygen atoms in total. The molecular weight excluding hydrogens is 550 g/mol. The molecule has 2 fully saturated rings. The lowest BCUT2D eigenvalue weighted by molar-refractivity contribution is -0.186. The summed E-state index contributed by atoms with van der Waals surface area (Å²) in [6, 6.07) is 27.3. The summed E-state index contributed by atoms with van der Waals surface area (Å²) >= 11 is 0. The molecule has 4 amide bonds.